The van der Waals surface area contributed by atoms with Crippen LogP contribution in [0, 0.1) is 0 Å². The highest BCUT2D eigenvalue weighted by Crippen LogP contribution is 2.22. The van der Waals surface area contributed by atoms with E-state index in [1.54, 1.807) is 0 Å². The summed E-state index contributed by atoms with van der Waals surface area (Å²) in [5.74, 6) is 0. The van der Waals surface area contributed by atoms with Crippen molar-refractivity contribution in [3.63, 3.8) is 0 Å². The molecule has 4 N–H and O–H groups in total. The first-order chi connectivity index (χ1) is 13.5. The summed E-state index contributed by atoms with van der Waals surface area (Å²) in [6.07, 6.45) is 6.10. The molecule has 4 aromatic rings. The van der Waals surface area contributed by atoms with Gasteiger partial charge in [-0.1, -0.05) is 23.2 Å². The molecule has 0 bridgehead atoms. The lowest BCUT2D eigenvalue weighted by atomic mass is 10.1. The normalized spacial score (nSPS) is 10.6. The van der Waals surface area contributed by atoms with E-state index in [1.807, 2.05) is 60.9 Å². The summed E-state index contributed by atoms with van der Waals surface area (Å²) in [6, 6.07) is 15.5. The maximum absolute atomic E-state index is 6.19. The van der Waals surface area contributed by atoms with Crippen LogP contribution in [0.2, 0.25) is 10.0 Å². The largest absolute Gasteiger partial charge is 1.00 e. The average molecular weight is 573 g/mol. The molecule has 2 heterocycles. The molecule has 2 aromatic heterocycles. The number of fused-ring (bicyclic) bond motifs is 2. The molecule has 0 saturated heterocycles. The topological polar surface area (TPSA) is 59.8 Å². The molecule has 8 heteroatoms. The van der Waals surface area contributed by atoms with E-state index in [1.165, 1.54) is 0 Å². The van der Waals surface area contributed by atoms with E-state index < -0.39 is 0 Å². The lowest BCUT2D eigenvalue weighted by Gasteiger charge is -2.06. The van der Waals surface area contributed by atoms with E-state index in [0.717, 1.165) is 59.1 Å². The van der Waals surface area contributed by atoms with Crippen molar-refractivity contribution in [1.29, 1.82) is 0 Å². The zero-order valence-corrected chi connectivity index (χ0v) is 20.8. The standard InChI is InChI=1S/C22H20Cl2N4.2BrH/c23-15-3-5-17-19(25)7-11-27(21(17)13-15)9-1-2-10-28-12-8-20(26)18-6-4-16(24)14-22(18)28;;/h3-8,11-14,25-26H,1-2,9-10H2;2*1H. The quantitative estimate of drug-likeness (QED) is 0.227. The summed E-state index contributed by atoms with van der Waals surface area (Å²) in [5.41, 5.74) is 15.9. The van der Waals surface area contributed by atoms with Crippen molar-refractivity contribution in [1.82, 2.24) is 0 Å². The number of hydrogen-bond donors (Lipinski definition) is 2. The van der Waals surface area contributed by atoms with Gasteiger partial charge >= 0.3 is 0 Å². The number of hydrogen-bond acceptors (Lipinski definition) is 2. The monoisotopic (exact) mass is 570 g/mol. The molecular weight excluding hydrogens is 551 g/mol. The van der Waals surface area contributed by atoms with E-state index in [-0.39, 0.29) is 34.0 Å². The van der Waals surface area contributed by atoms with Crippen LogP contribution in [0.4, 0.5) is 11.4 Å². The van der Waals surface area contributed by atoms with E-state index in [0.29, 0.717) is 10.0 Å². The fourth-order valence-corrected chi connectivity index (χ4v) is 3.94. The summed E-state index contributed by atoms with van der Waals surface area (Å²) >= 11 is 12.4. The van der Waals surface area contributed by atoms with Gasteiger partial charge in [-0.05, 0) is 24.3 Å². The van der Waals surface area contributed by atoms with Crippen LogP contribution in [-0.4, -0.2) is 0 Å². The molecule has 0 atom stereocenters. The van der Waals surface area contributed by atoms with Crippen LogP contribution in [0.3, 0.4) is 0 Å². The third-order valence-corrected chi connectivity index (χ3v) is 5.55. The van der Waals surface area contributed by atoms with Gasteiger partial charge in [-0.25, -0.2) is 0 Å². The molecule has 30 heavy (non-hydrogen) atoms. The van der Waals surface area contributed by atoms with Crippen molar-refractivity contribution >= 4 is 56.4 Å². The lowest BCUT2D eigenvalue weighted by molar-refractivity contribution is -0.683. The number of anilines is 2. The van der Waals surface area contributed by atoms with Crippen molar-refractivity contribution in [2.75, 3.05) is 11.5 Å². The SMILES string of the molecule is Nc1cc[n+](CCCC[n+]2ccc(N)c3ccc(Cl)cc32)c2cc(Cl)ccc12.[Br-].[Br-]. The Morgan fingerprint density at radius 2 is 1.03 bits per heavy atom. The van der Waals surface area contributed by atoms with Crippen molar-refractivity contribution in [3.8, 4) is 0 Å². The molecule has 0 aliphatic rings. The smallest absolute Gasteiger partial charge is 0.216 e. The van der Waals surface area contributed by atoms with Crippen LogP contribution in [0.5, 0.6) is 0 Å². The molecule has 0 fully saturated rings. The number of unbranched alkanes of at least 4 members (excludes halogenated alkanes) is 1. The fourth-order valence-electron chi connectivity index (χ4n) is 3.61. The summed E-state index contributed by atoms with van der Waals surface area (Å²) in [7, 11) is 0. The summed E-state index contributed by atoms with van der Waals surface area (Å²) in [4.78, 5) is 0. The van der Waals surface area contributed by atoms with Gasteiger partial charge in [-0.15, -0.1) is 0 Å². The van der Waals surface area contributed by atoms with Gasteiger partial charge in [0.05, 0.1) is 22.1 Å². The van der Waals surface area contributed by atoms with Crippen molar-refractivity contribution in [2.24, 2.45) is 0 Å². The summed E-state index contributed by atoms with van der Waals surface area (Å²) in [6.45, 7) is 1.79. The minimum Gasteiger partial charge on any atom is -1.00 e. The molecule has 0 saturated carbocycles. The minimum absolute atomic E-state index is 0. The summed E-state index contributed by atoms with van der Waals surface area (Å²) < 4.78 is 4.42. The van der Waals surface area contributed by atoms with E-state index in [9.17, 15) is 0 Å². The van der Waals surface area contributed by atoms with Gasteiger partial charge in [-0.3, -0.25) is 0 Å². The van der Waals surface area contributed by atoms with Gasteiger partial charge in [0, 0.05) is 47.2 Å². The van der Waals surface area contributed by atoms with Crippen molar-refractivity contribution < 1.29 is 43.1 Å². The van der Waals surface area contributed by atoms with Crippen LogP contribution in [0.15, 0.2) is 60.9 Å². The number of rotatable bonds is 5. The van der Waals surface area contributed by atoms with E-state index in [2.05, 4.69) is 9.13 Å². The predicted molar refractivity (Wildman–Crippen MR) is 116 cm³/mol. The first kappa shape index (κ1) is 24.7. The lowest BCUT2D eigenvalue weighted by Crippen LogP contribution is -3.00. The highest BCUT2D eigenvalue weighted by molar-refractivity contribution is 6.31. The molecule has 2 aromatic carbocycles. The Morgan fingerprint density at radius 1 is 0.633 bits per heavy atom. The van der Waals surface area contributed by atoms with Crippen LogP contribution in [0.1, 0.15) is 12.8 Å². The number of aryl methyl sites for hydroxylation is 2. The number of halogens is 4. The second-order valence-corrected chi connectivity index (χ2v) is 7.83. The Bertz CT molecular complexity index is 1090. The Balaban J connectivity index is 0.00000160. The molecule has 0 aliphatic heterocycles. The van der Waals surface area contributed by atoms with Gasteiger partial charge in [0.15, 0.2) is 12.4 Å². The summed E-state index contributed by atoms with van der Waals surface area (Å²) in [5, 5.41) is 3.49. The predicted octanol–water partition coefficient (Wildman–Crippen LogP) is -1.47. The molecular formula is C22H22Br2Cl2N4. The van der Waals surface area contributed by atoms with Crippen LogP contribution in [0.25, 0.3) is 21.8 Å². The fraction of sp³-hybridized carbons (Fsp3) is 0.182. The van der Waals surface area contributed by atoms with Gasteiger partial charge in [0.1, 0.15) is 13.1 Å². The van der Waals surface area contributed by atoms with E-state index in [4.69, 9.17) is 34.7 Å². The number of pyridine rings is 2. The second kappa shape index (κ2) is 10.6. The molecule has 0 radical (unpaired) electrons. The Kier molecular flexibility index (Phi) is 8.73. The highest BCUT2D eigenvalue weighted by Gasteiger charge is 2.14. The Morgan fingerprint density at radius 3 is 1.43 bits per heavy atom. The number of benzene rings is 2. The van der Waals surface area contributed by atoms with Gasteiger partial charge in [0.2, 0.25) is 11.0 Å². The molecule has 4 nitrogen and oxygen atoms in total. The molecule has 158 valence electrons. The third-order valence-electron chi connectivity index (χ3n) is 5.08. The Labute approximate surface area is 206 Å². The number of nitrogen functional groups attached to an aromatic ring is 2. The number of nitrogens with zero attached hydrogens (tertiary/aromatic N) is 2. The number of aromatic nitrogens is 2. The zero-order chi connectivity index (χ0) is 19.7. The van der Waals surface area contributed by atoms with Crippen LogP contribution < -0.4 is 54.6 Å². The molecule has 4 rings (SSSR count). The zero-order valence-electron chi connectivity index (χ0n) is 16.2. The van der Waals surface area contributed by atoms with Crippen LogP contribution in [-0.2, 0) is 13.1 Å². The Hall–Kier alpha value is -1.60. The first-order valence-corrected chi connectivity index (χ1v) is 10.0. The third kappa shape index (κ3) is 5.17. The van der Waals surface area contributed by atoms with Gasteiger partial charge in [0.25, 0.3) is 0 Å². The average Bonchev–Trinajstić information content (AvgIpc) is 2.68. The highest BCUT2D eigenvalue weighted by atomic mass is 79.9. The van der Waals surface area contributed by atoms with Crippen molar-refractivity contribution in [2.45, 2.75) is 25.9 Å². The minimum atomic E-state index is 0. The van der Waals surface area contributed by atoms with Crippen LogP contribution >= 0.6 is 23.2 Å². The van der Waals surface area contributed by atoms with Crippen molar-refractivity contribution in [3.05, 3.63) is 71.0 Å². The van der Waals surface area contributed by atoms with E-state index >= 15 is 0 Å². The maximum atomic E-state index is 6.19. The molecule has 0 aliphatic carbocycles. The van der Waals surface area contributed by atoms with Gasteiger partial charge in [-0.2, -0.15) is 9.13 Å². The molecule has 0 unspecified atom stereocenters. The maximum Gasteiger partial charge on any atom is 0.216 e. The molecule has 0 amide bonds. The van der Waals surface area contributed by atoms with Gasteiger partial charge < -0.3 is 45.4 Å². The first-order valence-electron chi connectivity index (χ1n) is 9.27. The number of nitrogens with two attached hydrogens (primary N) is 2. The second-order valence-electron chi connectivity index (χ2n) is 6.96. The molecule has 0 spiro atoms.